The van der Waals surface area contributed by atoms with Gasteiger partial charge in [0.1, 0.15) is 0 Å². The van der Waals surface area contributed by atoms with Crippen LogP contribution in [0.4, 0.5) is 0 Å². The number of amides is 1. The highest BCUT2D eigenvalue weighted by Gasteiger charge is 2.15. The Bertz CT molecular complexity index is 372. The molecule has 0 saturated heterocycles. The summed E-state index contributed by atoms with van der Waals surface area (Å²) in [5.74, 6) is 0.936. The highest BCUT2D eigenvalue weighted by Crippen LogP contribution is 2.34. The van der Waals surface area contributed by atoms with E-state index in [9.17, 15) is 9.70 Å². The zero-order valence-electron chi connectivity index (χ0n) is 10.7. The standard InChI is InChI=1S/C13H19NO2S/c1-9-7-10(2)11(3)12(8-9)17-6-4-5-13(15)14-16/h8,10H,4-7H2,1-3H3. The molecular weight excluding hydrogens is 234 g/mol. The van der Waals surface area contributed by atoms with Crippen LogP contribution in [0.2, 0.25) is 0 Å². The number of rotatable bonds is 5. The summed E-state index contributed by atoms with van der Waals surface area (Å²) in [4.78, 5) is 22.0. The number of nitrogens with zero attached hydrogens (tertiary/aromatic N) is 1. The van der Waals surface area contributed by atoms with Crippen LogP contribution in [0.25, 0.3) is 0 Å². The Morgan fingerprint density at radius 3 is 2.88 bits per heavy atom. The largest absolute Gasteiger partial charge is 0.286 e. The number of hydrogen-bond donors (Lipinski definition) is 0. The predicted octanol–water partition coefficient (Wildman–Crippen LogP) is 4.05. The van der Waals surface area contributed by atoms with Gasteiger partial charge in [0.15, 0.2) is 0 Å². The molecule has 1 amide bonds. The van der Waals surface area contributed by atoms with E-state index in [0.29, 0.717) is 12.3 Å². The van der Waals surface area contributed by atoms with E-state index in [2.05, 4.69) is 32.0 Å². The molecule has 1 atom stereocenters. The molecule has 0 bridgehead atoms. The van der Waals surface area contributed by atoms with Crippen LogP contribution >= 0.6 is 11.8 Å². The third kappa shape index (κ3) is 4.46. The molecule has 0 N–H and O–H groups in total. The zero-order chi connectivity index (χ0) is 12.8. The molecule has 0 spiro atoms. The summed E-state index contributed by atoms with van der Waals surface area (Å²) >= 11 is 1.77. The van der Waals surface area contributed by atoms with Crippen molar-refractivity contribution in [2.24, 2.45) is 11.1 Å². The Hall–Kier alpha value is -0.900. The molecule has 0 fully saturated rings. The first-order chi connectivity index (χ1) is 8.04. The van der Waals surface area contributed by atoms with Crippen molar-refractivity contribution in [3.63, 3.8) is 0 Å². The lowest BCUT2D eigenvalue weighted by Gasteiger charge is -2.21. The van der Waals surface area contributed by atoms with Gasteiger partial charge >= 0.3 is 0 Å². The first-order valence-corrected chi connectivity index (χ1v) is 6.90. The number of thioether (sulfide) groups is 1. The predicted molar refractivity (Wildman–Crippen MR) is 72.7 cm³/mol. The number of carbonyl (C=O) groups is 1. The minimum absolute atomic E-state index is 0.265. The van der Waals surface area contributed by atoms with Crippen molar-refractivity contribution in [1.29, 1.82) is 0 Å². The Balaban J connectivity index is 2.43. The van der Waals surface area contributed by atoms with E-state index in [4.69, 9.17) is 0 Å². The molecule has 3 nitrogen and oxygen atoms in total. The molecule has 4 heteroatoms. The van der Waals surface area contributed by atoms with Crippen molar-refractivity contribution >= 4 is 17.7 Å². The Kier molecular flexibility index (Phi) is 5.62. The molecule has 0 aromatic carbocycles. The summed E-state index contributed by atoms with van der Waals surface area (Å²) in [6.45, 7) is 6.57. The smallest absolute Gasteiger partial charge is 0.269 e. The van der Waals surface area contributed by atoms with Gasteiger partial charge in [-0.1, -0.05) is 18.1 Å². The monoisotopic (exact) mass is 253 g/mol. The molecule has 1 aliphatic rings. The zero-order valence-corrected chi connectivity index (χ0v) is 11.5. The summed E-state index contributed by atoms with van der Waals surface area (Å²) in [5, 5.41) is 2.39. The van der Waals surface area contributed by atoms with Crippen molar-refractivity contribution < 1.29 is 4.79 Å². The third-order valence-electron chi connectivity index (χ3n) is 3.03. The van der Waals surface area contributed by atoms with Crippen LogP contribution in [0.15, 0.2) is 27.3 Å². The molecule has 1 aliphatic carbocycles. The van der Waals surface area contributed by atoms with Gasteiger partial charge < -0.3 is 0 Å². The summed E-state index contributed by atoms with van der Waals surface area (Å²) in [7, 11) is 0. The maximum Gasteiger partial charge on any atom is 0.286 e. The van der Waals surface area contributed by atoms with Crippen LogP contribution in [0, 0.1) is 10.8 Å². The van der Waals surface area contributed by atoms with Crippen molar-refractivity contribution in [3.8, 4) is 0 Å². The van der Waals surface area contributed by atoms with Gasteiger partial charge in [0, 0.05) is 16.5 Å². The lowest BCUT2D eigenvalue weighted by Crippen LogP contribution is -2.05. The van der Waals surface area contributed by atoms with Gasteiger partial charge in [-0.05, 0) is 44.4 Å². The van der Waals surface area contributed by atoms with Crippen LogP contribution in [0.5, 0.6) is 0 Å². The molecular formula is C13H19NO2S. The second-order valence-corrected chi connectivity index (χ2v) is 5.72. The van der Waals surface area contributed by atoms with Gasteiger partial charge in [-0.2, -0.15) is 0 Å². The van der Waals surface area contributed by atoms with Gasteiger partial charge in [-0.25, -0.2) is 0 Å². The second kappa shape index (κ2) is 6.74. The van der Waals surface area contributed by atoms with E-state index in [-0.39, 0.29) is 6.42 Å². The van der Waals surface area contributed by atoms with Gasteiger partial charge in [0.2, 0.25) is 0 Å². The number of hydrogen-bond acceptors (Lipinski definition) is 3. The fourth-order valence-corrected chi connectivity index (χ4v) is 3.10. The molecule has 1 unspecified atom stereocenters. The van der Waals surface area contributed by atoms with E-state index in [1.165, 1.54) is 16.1 Å². The summed E-state index contributed by atoms with van der Waals surface area (Å²) < 4.78 is 0. The Labute approximate surface area is 107 Å². The van der Waals surface area contributed by atoms with Gasteiger partial charge in [-0.3, -0.25) is 4.79 Å². The molecule has 0 aromatic heterocycles. The average Bonchev–Trinajstić information content (AvgIpc) is 2.30. The maximum atomic E-state index is 10.7. The molecule has 0 aliphatic heterocycles. The van der Waals surface area contributed by atoms with E-state index in [1.54, 1.807) is 11.8 Å². The minimum Gasteiger partial charge on any atom is -0.269 e. The summed E-state index contributed by atoms with van der Waals surface area (Å²) in [5.41, 5.74) is 2.84. The van der Waals surface area contributed by atoms with E-state index >= 15 is 0 Å². The molecule has 0 heterocycles. The third-order valence-corrected chi connectivity index (χ3v) is 4.27. The minimum atomic E-state index is -0.542. The van der Waals surface area contributed by atoms with Crippen LogP contribution in [0.3, 0.4) is 0 Å². The van der Waals surface area contributed by atoms with E-state index in [1.807, 2.05) is 0 Å². The molecule has 0 radical (unpaired) electrons. The molecule has 17 heavy (non-hydrogen) atoms. The molecule has 0 aromatic rings. The van der Waals surface area contributed by atoms with E-state index in [0.717, 1.165) is 12.2 Å². The highest BCUT2D eigenvalue weighted by molar-refractivity contribution is 8.03. The Morgan fingerprint density at radius 2 is 2.24 bits per heavy atom. The summed E-state index contributed by atoms with van der Waals surface area (Å²) in [6.07, 6.45) is 4.36. The number of carbonyl (C=O) groups excluding carboxylic acids is 1. The van der Waals surface area contributed by atoms with Crippen molar-refractivity contribution in [1.82, 2.24) is 0 Å². The van der Waals surface area contributed by atoms with Crippen molar-refractivity contribution in [3.05, 3.63) is 27.0 Å². The average molecular weight is 253 g/mol. The van der Waals surface area contributed by atoms with Crippen molar-refractivity contribution in [2.75, 3.05) is 5.75 Å². The van der Waals surface area contributed by atoms with Crippen LogP contribution in [0.1, 0.15) is 40.0 Å². The number of allylic oxidation sites excluding steroid dienone is 3. The van der Waals surface area contributed by atoms with E-state index < -0.39 is 5.91 Å². The van der Waals surface area contributed by atoms with Crippen LogP contribution in [-0.2, 0) is 4.79 Å². The van der Waals surface area contributed by atoms with Crippen LogP contribution in [-0.4, -0.2) is 11.7 Å². The first kappa shape index (κ1) is 14.2. The SMILES string of the molecule is CC1=CC(SCCCC(=O)N=O)=C(C)C(C)C1. The molecule has 94 valence electrons. The van der Waals surface area contributed by atoms with Crippen LogP contribution < -0.4 is 0 Å². The summed E-state index contributed by atoms with van der Waals surface area (Å²) in [6, 6.07) is 0. The fourth-order valence-electron chi connectivity index (χ4n) is 1.88. The maximum absolute atomic E-state index is 10.7. The van der Waals surface area contributed by atoms with Crippen molar-refractivity contribution in [2.45, 2.75) is 40.0 Å². The lowest BCUT2D eigenvalue weighted by molar-refractivity contribution is -0.117. The Morgan fingerprint density at radius 1 is 1.53 bits per heavy atom. The van der Waals surface area contributed by atoms with Gasteiger partial charge in [0.05, 0.1) is 0 Å². The molecule has 0 saturated carbocycles. The number of nitroso groups, excluding NO2 is 1. The second-order valence-electron chi connectivity index (χ2n) is 4.58. The topological polar surface area (TPSA) is 46.5 Å². The lowest BCUT2D eigenvalue weighted by atomic mass is 9.90. The molecule has 1 rings (SSSR count). The highest BCUT2D eigenvalue weighted by atomic mass is 32.2. The normalized spacial score (nSPS) is 20.2. The van der Waals surface area contributed by atoms with Gasteiger partial charge in [-0.15, -0.1) is 16.7 Å². The fraction of sp³-hybridized carbons (Fsp3) is 0.615. The van der Waals surface area contributed by atoms with Gasteiger partial charge in [0.25, 0.3) is 5.91 Å². The first-order valence-electron chi connectivity index (χ1n) is 5.91. The quantitative estimate of drug-likeness (QED) is 0.548.